The van der Waals surface area contributed by atoms with E-state index in [1.165, 1.54) is 91.0 Å². The second-order valence-electron chi connectivity index (χ2n) is 22.2. The molecule has 95 heavy (non-hydrogen) atoms. The molecule has 0 aliphatic heterocycles. The topological polar surface area (TPSA) is 171 Å². The maximum Gasteiger partial charge on any atom is 0.450 e. The molecule has 0 heterocycles. The molecule has 0 amide bonds. The van der Waals surface area contributed by atoms with Gasteiger partial charge in [0, 0.05) is 27.8 Å². The molecular weight excluding hydrogens is 1290 g/mol. The Hall–Kier alpha value is -10.9. The smallest absolute Gasteiger partial charge is 0.294 e. The van der Waals surface area contributed by atoms with Crippen LogP contribution in [0, 0.1) is 0 Å². The molecule has 0 unspecified atom stereocenters. The maximum atomic E-state index is 13.6. The molecule has 0 fully saturated rings. The van der Waals surface area contributed by atoms with Gasteiger partial charge < -0.3 is 0 Å². The summed E-state index contributed by atoms with van der Waals surface area (Å²) in [6.45, 7) is 0. The molecule has 480 valence electrons. The van der Waals surface area contributed by atoms with Crippen LogP contribution in [0.5, 0.6) is 0 Å². The summed E-state index contributed by atoms with van der Waals surface area (Å²) in [6.07, 6.45) is -35.4. The van der Waals surface area contributed by atoms with E-state index in [9.17, 15) is 114 Å². The van der Waals surface area contributed by atoms with Crippen LogP contribution in [0.25, 0.3) is 109 Å². The van der Waals surface area contributed by atoms with Gasteiger partial charge in [0.25, 0.3) is 0 Å². The van der Waals surface area contributed by atoms with E-state index in [1.54, 1.807) is 0 Å². The van der Waals surface area contributed by atoms with E-state index in [-0.39, 0.29) is 109 Å². The average molecular weight is 1320 g/mol. The fourth-order valence-corrected chi connectivity index (χ4v) is 11.7. The van der Waals surface area contributed by atoms with Crippen molar-refractivity contribution in [3.05, 3.63) is 179 Å². The molecule has 0 bridgehead atoms. The standard InChI is InChI=1S/C70H35F15O10/c71-66(72,73)56(91)26-51(86)36-11-1-6-31(16-36)41-21-47-43(33-8-3-13-38(18-33)53(88)28-58(93)68(77,78)79)23-49-45(35-10-5-15-40(20-35)55(90)30-60(95)70(83,84)85)25-50-44(34-9-4-14-39(19-34)54(89)29-59(94)69(80,81)82)24-48-42(22-46(41)61-62(47)64(49)65(50)63(48)61)32-7-2-12-37(17-32)52(87)27-57(92)67(74,75)76/h1-25H,26-30H2. The number of carbonyl (C=O) groups is 10. The van der Waals surface area contributed by atoms with E-state index in [0.717, 1.165) is 60.7 Å². The van der Waals surface area contributed by atoms with Gasteiger partial charge in [0.1, 0.15) is 0 Å². The first kappa shape index (κ1) is 65.6. The average Bonchev–Trinajstić information content (AvgIpc) is 1.51. The van der Waals surface area contributed by atoms with Crippen LogP contribution in [-0.4, -0.2) is 88.7 Å². The van der Waals surface area contributed by atoms with Crippen molar-refractivity contribution in [1.82, 2.24) is 0 Å². The predicted molar refractivity (Wildman–Crippen MR) is 315 cm³/mol. The van der Waals surface area contributed by atoms with E-state index in [0.29, 0.717) is 0 Å². The number of halogens is 15. The first-order valence-electron chi connectivity index (χ1n) is 27.9. The summed E-state index contributed by atoms with van der Waals surface area (Å²) >= 11 is 0. The number of carbonyl (C=O) groups excluding carboxylic acids is 10. The van der Waals surface area contributed by atoms with Crippen molar-refractivity contribution < 1.29 is 114 Å². The van der Waals surface area contributed by atoms with E-state index in [2.05, 4.69) is 0 Å². The molecule has 0 atom stereocenters. The van der Waals surface area contributed by atoms with Gasteiger partial charge >= 0.3 is 30.9 Å². The van der Waals surface area contributed by atoms with Crippen LogP contribution in [-0.2, 0) is 24.0 Å². The van der Waals surface area contributed by atoms with Crippen LogP contribution >= 0.6 is 0 Å². The van der Waals surface area contributed by atoms with Crippen LogP contribution in [0.2, 0.25) is 0 Å². The molecule has 25 heteroatoms. The third-order valence-electron chi connectivity index (χ3n) is 16.2. The van der Waals surface area contributed by atoms with E-state index in [4.69, 9.17) is 0 Å². The monoisotopic (exact) mass is 1320 g/mol. The minimum absolute atomic E-state index is 0.0400. The van der Waals surface area contributed by atoms with Crippen LogP contribution in [0.15, 0.2) is 152 Å². The zero-order chi connectivity index (χ0) is 68.9. The van der Waals surface area contributed by atoms with E-state index in [1.807, 2.05) is 0 Å². The highest BCUT2D eigenvalue weighted by molar-refractivity contribution is 6.49. The highest BCUT2D eigenvalue weighted by Gasteiger charge is 2.43. The first-order valence-corrected chi connectivity index (χ1v) is 27.9. The molecule has 0 aliphatic rings. The molecule has 11 aromatic carbocycles. The summed E-state index contributed by atoms with van der Waals surface area (Å²) in [5.41, 5.74) is -1.42. The number of hydrogen-bond acceptors (Lipinski definition) is 10. The number of ketones is 10. The van der Waals surface area contributed by atoms with Gasteiger partial charge in [-0.25, -0.2) is 0 Å². The van der Waals surface area contributed by atoms with Crippen molar-refractivity contribution in [1.29, 1.82) is 0 Å². The highest BCUT2D eigenvalue weighted by atomic mass is 19.4. The molecule has 11 aromatic rings. The minimum atomic E-state index is -5.43. The molecule has 0 radical (unpaired) electrons. The molecule has 10 nitrogen and oxygen atoms in total. The largest absolute Gasteiger partial charge is 0.450 e. The molecule has 0 N–H and O–H groups in total. The lowest BCUT2D eigenvalue weighted by Crippen LogP contribution is -2.25. The Balaban J connectivity index is 1.31. The van der Waals surface area contributed by atoms with Crippen molar-refractivity contribution >= 4 is 112 Å². The Kier molecular flexibility index (Phi) is 16.3. The zero-order valence-corrected chi connectivity index (χ0v) is 47.7. The van der Waals surface area contributed by atoms with Crippen molar-refractivity contribution in [3.63, 3.8) is 0 Å². The second-order valence-corrected chi connectivity index (χ2v) is 22.2. The molecule has 0 saturated heterocycles. The van der Waals surface area contributed by atoms with Gasteiger partial charge in [-0.3, -0.25) is 47.9 Å². The fourth-order valence-electron chi connectivity index (χ4n) is 11.7. The van der Waals surface area contributed by atoms with Crippen molar-refractivity contribution in [2.24, 2.45) is 0 Å². The summed E-state index contributed by atoms with van der Waals surface area (Å²) in [5, 5.41) is 2.13. The summed E-state index contributed by atoms with van der Waals surface area (Å²) in [5.74, 6) is -18.4. The van der Waals surface area contributed by atoms with Crippen LogP contribution in [0.3, 0.4) is 0 Å². The summed E-state index contributed by atoms with van der Waals surface area (Å²) in [4.78, 5) is 129. The van der Waals surface area contributed by atoms with Gasteiger partial charge in [-0.05, 0) is 170 Å². The first-order chi connectivity index (χ1) is 44.4. The molecule has 11 rings (SSSR count). The zero-order valence-electron chi connectivity index (χ0n) is 47.7. The van der Waals surface area contributed by atoms with Gasteiger partial charge in [-0.15, -0.1) is 0 Å². The van der Waals surface area contributed by atoms with Gasteiger partial charge in [0.15, 0.2) is 28.9 Å². The van der Waals surface area contributed by atoms with Crippen molar-refractivity contribution in [2.45, 2.75) is 63.0 Å². The van der Waals surface area contributed by atoms with Gasteiger partial charge in [-0.1, -0.05) is 91.0 Å². The predicted octanol–water partition coefficient (Wildman–Crippen LogP) is 17.6. The van der Waals surface area contributed by atoms with Gasteiger partial charge in [0.2, 0.25) is 28.9 Å². The van der Waals surface area contributed by atoms with Crippen LogP contribution < -0.4 is 0 Å². The number of alkyl halides is 15. The number of benzene rings is 10. The minimum Gasteiger partial charge on any atom is -0.294 e. The molecule has 0 saturated carbocycles. The maximum absolute atomic E-state index is 13.6. The Bertz CT molecular complexity index is 4360. The van der Waals surface area contributed by atoms with E-state index >= 15 is 0 Å². The molecule has 0 spiro atoms. The number of hydrogen-bond donors (Lipinski definition) is 0. The lowest BCUT2D eigenvalue weighted by atomic mass is 9.85. The van der Waals surface area contributed by atoms with Crippen LogP contribution in [0.4, 0.5) is 65.9 Å². The quantitative estimate of drug-likeness (QED) is 0.0310. The van der Waals surface area contributed by atoms with Gasteiger partial charge in [0.05, 0.1) is 32.1 Å². The SMILES string of the molecule is O=C(CC(=O)C(F)(F)F)c1cccc(-c2cc3c(-c4cccc(C(=O)CC(=O)C(F)(F)F)c4)cc4c(-c5cccc(C(=O)CC(=O)C(F)(F)F)c5)cc5c(-c6cccc(C(=O)CC(=O)C(F)(F)F)c6)cc6c(-c7cccc(C(=O)CC(=O)C(F)(F)F)c7)cc2c2c6c5c4c32)c1. The lowest BCUT2D eigenvalue weighted by Gasteiger charge is -2.18. The van der Waals surface area contributed by atoms with E-state index < -0.39 is 149 Å². The summed E-state index contributed by atoms with van der Waals surface area (Å²) in [6, 6.07) is 32.2. The molecular formula is C70H35F15O10. The third kappa shape index (κ3) is 12.5. The molecule has 0 aromatic heterocycles. The highest BCUT2D eigenvalue weighted by Crippen LogP contribution is 2.58. The van der Waals surface area contributed by atoms with Crippen molar-refractivity contribution in [3.8, 4) is 55.6 Å². The fraction of sp³-hybridized carbons (Fsp3) is 0.143. The normalized spacial score (nSPS) is 12.6. The third-order valence-corrected chi connectivity index (χ3v) is 16.2. The number of Topliss-reactive ketones (excluding diaryl/α,β-unsaturated/α-hetero) is 10. The Morgan fingerprint density at radius 3 is 0.505 bits per heavy atom. The van der Waals surface area contributed by atoms with Gasteiger partial charge in [-0.2, -0.15) is 65.9 Å². The Labute approximate surface area is 521 Å². The summed E-state index contributed by atoms with van der Waals surface area (Å²) in [7, 11) is 0. The summed E-state index contributed by atoms with van der Waals surface area (Å²) < 4.78 is 204. The lowest BCUT2D eigenvalue weighted by molar-refractivity contribution is -0.170. The second kappa shape index (κ2) is 23.6. The Morgan fingerprint density at radius 1 is 0.221 bits per heavy atom. The number of rotatable bonds is 20. The van der Waals surface area contributed by atoms with Crippen LogP contribution in [0.1, 0.15) is 83.9 Å². The van der Waals surface area contributed by atoms with Crippen molar-refractivity contribution in [2.75, 3.05) is 0 Å². The Morgan fingerprint density at radius 2 is 0.368 bits per heavy atom. The molecule has 0 aliphatic carbocycles.